The van der Waals surface area contributed by atoms with Crippen molar-refractivity contribution < 1.29 is 9.53 Å². The number of urea groups is 1. The van der Waals surface area contributed by atoms with Gasteiger partial charge in [-0.15, -0.1) is 0 Å². The van der Waals surface area contributed by atoms with Crippen LogP contribution in [0, 0.1) is 0 Å². The molecule has 3 heterocycles. The zero-order valence-electron chi connectivity index (χ0n) is 25.5. The molecule has 9 nitrogen and oxygen atoms in total. The number of thioether (sulfide) groups is 1. The number of fused-ring (bicyclic) bond motifs is 1. The first-order valence-corrected chi connectivity index (χ1v) is 16.0. The zero-order valence-corrected chi connectivity index (χ0v) is 26.3. The Morgan fingerprint density at radius 2 is 1.64 bits per heavy atom. The smallest absolute Gasteiger partial charge is 0.324 e. The van der Waals surface area contributed by atoms with E-state index in [4.69, 9.17) is 9.84 Å². The molecule has 44 heavy (non-hydrogen) atoms. The molecule has 0 unspecified atom stereocenters. The third-order valence-corrected chi connectivity index (χ3v) is 8.28. The van der Waals surface area contributed by atoms with Crippen LogP contribution in [0.3, 0.4) is 0 Å². The average molecular weight is 608 g/mol. The second kappa shape index (κ2) is 12.8. The van der Waals surface area contributed by atoms with E-state index < -0.39 is 0 Å². The highest BCUT2D eigenvalue weighted by Crippen LogP contribution is 2.34. The first-order chi connectivity index (χ1) is 21.3. The number of amides is 2. The summed E-state index contributed by atoms with van der Waals surface area (Å²) >= 11 is 1.47. The second-order valence-electron chi connectivity index (χ2n) is 11.9. The van der Waals surface area contributed by atoms with Crippen molar-refractivity contribution in [3.63, 3.8) is 0 Å². The fourth-order valence-electron chi connectivity index (χ4n) is 5.29. The van der Waals surface area contributed by atoms with E-state index in [0.717, 1.165) is 66.1 Å². The summed E-state index contributed by atoms with van der Waals surface area (Å²) in [5.41, 5.74) is 5.55. The molecule has 3 aromatic carbocycles. The van der Waals surface area contributed by atoms with Gasteiger partial charge in [-0.25, -0.2) is 19.4 Å². The second-order valence-corrected chi connectivity index (χ2v) is 12.6. The van der Waals surface area contributed by atoms with Crippen molar-refractivity contribution in [3.05, 3.63) is 90.4 Å². The van der Waals surface area contributed by atoms with E-state index in [9.17, 15) is 4.79 Å². The van der Waals surface area contributed by atoms with E-state index >= 15 is 0 Å². The van der Waals surface area contributed by atoms with Gasteiger partial charge in [-0.2, -0.15) is 5.10 Å². The number of benzene rings is 3. The fraction of sp³-hybridized carbons (Fsp3) is 0.294. The number of ether oxygens (including phenoxy) is 1. The third-order valence-electron chi connectivity index (χ3n) is 7.71. The van der Waals surface area contributed by atoms with Gasteiger partial charge in [-0.05, 0) is 34.4 Å². The Morgan fingerprint density at radius 3 is 2.32 bits per heavy atom. The predicted molar refractivity (Wildman–Crippen MR) is 178 cm³/mol. The lowest BCUT2D eigenvalue weighted by molar-refractivity contribution is 0.0342. The summed E-state index contributed by atoms with van der Waals surface area (Å²) in [6.45, 7) is 10.7. The van der Waals surface area contributed by atoms with Crippen molar-refractivity contribution in [1.29, 1.82) is 0 Å². The number of morpholine rings is 1. The first kappa shape index (κ1) is 29.8. The number of carbonyl (C=O) groups is 1. The molecule has 10 heteroatoms. The monoisotopic (exact) mass is 607 g/mol. The molecule has 0 aliphatic carbocycles. The summed E-state index contributed by atoms with van der Waals surface area (Å²) in [7, 11) is 0. The topological polar surface area (TPSA) is 97.2 Å². The molecule has 1 aliphatic rings. The Kier molecular flexibility index (Phi) is 8.65. The van der Waals surface area contributed by atoms with Gasteiger partial charge in [0.05, 0.1) is 37.0 Å². The van der Waals surface area contributed by atoms with Crippen molar-refractivity contribution in [3.8, 4) is 16.8 Å². The van der Waals surface area contributed by atoms with E-state index in [-0.39, 0.29) is 11.4 Å². The highest BCUT2D eigenvalue weighted by Gasteiger charge is 2.22. The maximum absolute atomic E-state index is 13.4. The molecular weight excluding hydrogens is 570 g/mol. The molecule has 2 amide bonds. The van der Waals surface area contributed by atoms with Crippen LogP contribution in [0.1, 0.15) is 32.0 Å². The predicted octanol–water partition coefficient (Wildman–Crippen LogP) is 6.98. The Hall–Kier alpha value is -4.25. The standard InChI is InChI=1S/C34H37N7O2S/c1-34(2,3)30-19-31(41(39-30)25-20-35-33(44-4)36-21-25)38-32(42)37-29-14-13-26(27-7-5-6-8-28(27)29)24-11-9-23(10-12-24)22-40-15-17-43-18-16-40/h5-14,19-21H,15-18,22H2,1-4H3,(H2,37,38,42). The van der Waals surface area contributed by atoms with Crippen molar-refractivity contribution >= 4 is 40.1 Å². The molecule has 1 fully saturated rings. The summed E-state index contributed by atoms with van der Waals surface area (Å²) in [6, 6.07) is 22.5. The lowest BCUT2D eigenvalue weighted by Gasteiger charge is -2.26. The maximum atomic E-state index is 13.4. The van der Waals surface area contributed by atoms with Crippen molar-refractivity contribution in [1.82, 2.24) is 24.6 Å². The molecule has 1 aliphatic heterocycles. The Labute approximate surface area is 262 Å². The normalized spacial score (nSPS) is 14.1. The molecule has 226 valence electrons. The Bertz CT molecular complexity index is 1760. The molecule has 5 aromatic rings. The van der Waals surface area contributed by atoms with Gasteiger partial charge < -0.3 is 10.1 Å². The van der Waals surface area contributed by atoms with Crippen LogP contribution in [-0.4, -0.2) is 63.2 Å². The van der Waals surface area contributed by atoms with Crippen LogP contribution in [0.15, 0.2) is 84.3 Å². The van der Waals surface area contributed by atoms with Crippen LogP contribution in [0.4, 0.5) is 16.3 Å². The largest absolute Gasteiger partial charge is 0.379 e. The van der Waals surface area contributed by atoms with Gasteiger partial charge in [0.15, 0.2) is 5.16 Å². The van der Waals surface area contributed by atoms with E-state index in [1.54, 1.807) is 17.1 Å². The van der Waals surface area contributed by atoms with Crippen molar-refractivity contribution in [2.24, 2.45) is 0 Å². The number of hydrogen-bond acceptors (Lipinski definition) is 7. The molecule has 2 N–H and O–H groups in total. The van der Waals surface area contributed by atoms with Crippen molar-refractivity contribution in [2.45, 2.75) is 37.9 Å². The molecule has 0 atom stereocenters. The fourth-order valence-corrected chi connectivity index (χ4v) is 5.61. The van der Waals surface area contributed by atoms with E-state index in [0.29, 0.717) is 16.7 Å². The molecule has 1 saturated heterocycles. The van der Waals surface area contributed by atoms with Gasteiger partial charge in [-0.1, -0.05) is 87.1 Å². The van der Waals surface area contributed by atoms with Crippen LogP contribution < -0.4 is 10.6 Å². The summed E-state index contributed by atoms with van der Waals surface area (Å²) in [6.07, 6.45) is 5.35. The maximum Gasteiger partial charge on any atom is 0.324 e. The minimum Gasteiger partial charge on any atom is -0.379 e. The SMILES string of the molecule is CSc1ncc(-n2nc(C(C)(C)C)cc2NC(=O)Nc2ccc(-c3ccc(CN4CCOCC4)cc3)c3ccccc23)cn1. The van der Waals surface area contributed by atoms with Gasteiger partial charge in [0.1, 0.15) is 11.5 Å². The molecule has 0 radical (unpaired) electrons. The van der Waals surface area contributed by atoms with Gasteiger partial charge in [-0.3, -0.25) is 10.2 Å². The minimum absolute atomic E-state index is 0.217. The van der Waals surface area contributed by atoms with Gasteiger partial charge >= 0.3 is 6.03 Å². The number of rotatable bonds is 7. The number of aromatic nitrogens is 4. The molecule has 0 bridgehead atoms. The van der Waals surface area contributed by atoms with E-state index in [2.05, 4.69) is 82.7 Å². The zero-order chi connectivity index (χ0) is 30.7. The van der Waals surface area contributed by atoms with E-state index in [1.165, 1.54) is 17.3 Å². The number of carbonyl (C=O) groups excluding carboxylic acids is 1. The summed E-state index contributed by atoms with van der Waals surface area (Å²) in [5.74, 6) is 0.533. The summed E-state index contributed by atoms with van der Waals surface area (Å²) < 4.78 is 7.16. The molecule has 0 spiro atoms. The minimum atomic E-state index is -0.362. The van der Waals surface area contributed by atoms with E-state index in [1.807, 2.05) is 36.6 Å². The molecule has 0 saturated carbocycles. The number of hydrogen-bond donors (Lipinski definition) is 2. The summed E-state index contributed by atoms with van der Waals surface area (Å²) in [5, 5.41) is 13.6. The Morgan fingerprint density at radius 1 is 0.932 bits per heavy atom. The summed E-state index contributed by atoms with van der Waals surface area (Å²) in [4.78, 5) is 24.6. The van der Waals surface area contributed by atoms with Crippen LogP contribution in [0.2, 0.25) is 0 Å². The van der Waals surface area contributed by atoms with Crippen molar-refractivity contribution in [2.75, 3.05) is 43.2 Å². The molecule has 6 rings (SSSR count). The number of nitrogens with one attached hydrogen (secondary N) is 2. The lowest BCUT2D eigenvalue weighted by Crippen LogP contribution is -2.35. The highest BCUT2D eigenvalue weighted by atomic mass is 32.2. The molecular formula is C34H37N7O2S. The number of anilines is 2. The first-order valence-electron chi connectivity index (χ1n) is 14.7. The van der Waals surface area contributed by atoms with Crippen LogP contribution in [0.25, 0.3) is 27.6 Å². The quantitative estimate of drug-likeness (QED) is 0.152. The van der Waals surface area contributed by atoms with Gasteiger partial charge in [0, 0.05) is 36.5 Å². The lowest BCUT2D eigenvalue weighted by atomic mass is 9.92. The van der Waals surface area contributed by atoms with Gasteiger partial charge in [0.25, 0.3) is 0 Å². The average Bonchev–Trinajstić information content (AvgIpc) is 3.46. The third kappa shape index (κ3) is 6.62. The Balaban J connectivity index is 1.24. The number of nitrogens with zero attached hydrogens (tertiary/aromatic N) is 5. The van der Waals surface area contributed by atoms with Gasteiger partial charge in [0.2, 0.25) is 0 Å². The van der Waals surface area contributed by atoms with Crippen LogP contribution >= 0.6 is 11.8 Å². The van der Waals surface area contributed by atoms with Crippen LogP contribution in [0.5, 0.6) is 0 Å². The molecule has 2 aromatic heterocycles. The highest BCUT2D eigenvalue weighted by molar-refractivity contribution is 7.98. The van der Waals surface area contributed by atoms with Crippen LogP contribution in [-0.2, 0) is 16.7 Å².